The zero-order valence-electron chi connectivity index (χ0n) is 12.1. The van der Waals surface area contributed by atoms with Crippen molar-refractivity contribution in [2.24, 2.45) is 0 Å². The molecule has 2 unspecified atom stereocenters. The Morgan fingerprint density at radius 1 is 1.33 bits per heavy atom. The molecule has 1 aromatic rings. The summed E-state index contributed by atoms with van der Waals surface area (Å²) < 4.78 is 5.42. The summed E-state index contributed by atoms with van der Waals surface area (Å²) in [5.74, 6) is -0.469. The topological polar surface area (TPSA) is 93.5 Å². The number of hydrogen-bond donors (Lipinski definition) is 3. The molecule has 1 heterocycles. The molecule has 2 rings (SSSR count). The van der Waals surface area contributed by atoms with Gasteiger partial charge < -0.3 is 21.1 Å². The van der Waals surface area contributed by atoms with Crippen molar-refractivity contribution in [2.45, 2.75) is 31.9 Å². The number of anilines is 1. The Labute approximate surface area is 124 Å². The highest BCUT2D eigenvalue weighted by atomic mass is 16.5. The molecule has 2 atom stereocenters. The van der Waals surface area contributed by atoms with Crippen LogP contribution in [-0.4, -0.2) is 37.1 Å². The van der Waals surface area contributed by atoms with Crippen LogP contribution in [0.15, 0.2) is 24.3 Å². The third-order valence-corrected chi connectivity index (χ3v) is 3.43. The minimum atomic E-state index is -0.287. The molecule has 1 aromatic carbocycles. The van der Waals surface area contributed by atoms with Gasteiger partial charge in [0.05, 0.1) is 12.6 Å². The third kappa shape index (κ3) is 4.75. The minimum Gasteiger partial charge on any atom is -0.399 e. The highest BCUT2D eigenvalue weighted by molar-refractivity contribution is 5.96. The lowest BCUT2D eigenvalue weighted by atomic mass is 10.0. The Morgan fingerprint density at radius 3 is 2.71 bits per heavy atom. The maximum Gasteiger partial charge on any atom is 0.251 e. The molecule has 6 nitrogen and oxygen atoms in total. The Hall–Kier alpha value is -2.08. The number of ether oxygens (including phenoxy) is 1. The van der Waals surface area contributed by atoms with Gasteiger partial charge in [0, 0.05) is 23.9 Å². The molecule has 1 fully saturated rings. The molecule has 4 N–H and O–H groups in total. The van der Waals surface area contributed by atoms with E-state index in [1.165, 1.54) is 0 Å². The van der Waals surface area contributed by atoms with E-state index in [9.17, 15) is 9.59 Å². The Morgan fingerprint density at radius 2 is 2.05 bits per heavy atom. The van der Waals surface area contributed by atoms with E-state index in [0.29, 0.717) is 17.9 Å². The smallest absolute Gasteiger partial charge is 0.251 e. The fourth-order valence-electron chi connectivity index (χ4n) is 2.30. The average molecular weight is 291 g/mol. The van der Waals surface area contributed by atoms with Gasteiger partial charge in [0.25, 0.3) is 5.91 Å². The number of nitrogen functional groups attached to an aromatic ring is 1. The van der Waals surface area contributed by atoms with Gasteiger partial charge in [-0.2, -0.15) is 0 Å². The summed E-state index contributed by atoms with van der Waals surface area (Å²) in [5.41, 5.74) is 6.64. The summed E-state index contributed by atoms with van der Waals surface area (Å²) in [7, 11) is 0. The summed E-state index contributed by atoms with van der Waals surface area (Å²) in [4.78, 5) is 23.7. The van der Waals surface area contributed by atoms with E-state index in [2.05, 4.69) is 10.6 Å². The van der Waals surface area contributed by atoms with Crippen molar-refractivity contribution < 1.29 is 14.3 Å². The molecule has 1 aliphatic rings. The van der Waals surface area contributed by atoms with Gasteiger partial charge in [-0.25, -0.2) is 0 Å². The van der Waals surface area contributed by atoms with Crippen LogP contribution in [0.1, 0.15) is 30.1 Å². The standard InChI is InChI=1S/C15H21N3O3/c1-10-8-13(6-7-21-10)18-14(19)9-17-15(20)11-2-4-12(16)5-3-11/h2-5,10,13H,6-9,16H2,1H3,(H,17,20)(H,18,19). The zero-order chi connectivity index (χ0) is 15.2. The molecule has 1 saturated heterocycles. The van der Waals surface area contributed by atoms with Crippen LogP contribution >= 0.6 is 0 Å². The van der Waals surface area contributed by atoms with Gasteiger partial charge in [-0.05, 0) is 44.0 Å². The molecule has 0 bridgehead atoms. The highest BCUT2D eigenvalue weighted by Crippen LogP contribution is 2.12. The monoisotopic (exact) mass is 291 g/mol. The van der Waals surface area contributed by atoms with Crippen LogP contribution in [0.3, 0.4) is 0 Å². The van der Waals surface area contributed by atoms with E-state index < -0.39 is 0 Å². The first-order valence-electron chi connectivity index (χ1n) is 7.09. The van der Waals surface area contributed by atoms with Crippen molar-refractivity contribution >= 4 is 17.5 Å². The van der Waals surface area contributed by atoms with Crippen LogP contribution in [-0.2, 0) is 9.53 Å². The van der Waals surface area contributed by atoms with Gasteiger partial charge in [0.2, 0.25) is 5.91 Å². The van der Waals surface area contributed by atoms with Gasteiger partial charge in [0.1, 0.15) is 0 Å². The predicted octanol–water partition coefficient (Wildman–Crippen LogP) is 0.682. The summed E-state index contributed by atoms with van der Waals surface area (Å²) in [6, 6.07) is 6.68. The molecular formula is C15H21N3O3. The first-order chi connectivity index (χ1) is 10.0. The van der Waals surface area contributed by atoms with Crippen LogP contribution in [0, 0.1) is 0 Å². The maximum atomic E-state index is 11.9. The molecule has 2 amide bonds. The number of nitrogens with one attached hydrogen (secondary N) is 2. The Balaban J connectivity index is 1.75. The summed E-state index contributed by atoms with van der Waals surface area (Å²) in [5, 5.41) is 5.51. The lowest BCUT2D eigenvalue weighted by molar-refractivity contribution is -0.121. The van der Waals surface area contributed by atoms with E-state index in [1.54, 1.807) is 24.3 Å². The number of carbonyl (C=O) groups is 2. The SMILES string of the molecule is CC1CC(NC(=O)CNC(=O)c2ccc(N)cc2)CCO1. The number of carbonyl (C=O) groups excluding carboxylic acids is 2. The van der Waals surface area contributed by atoms with Gasteiger partial charge in [0.15, 0.2) is 0 Å². The van der Waals surface area contributed by atoms with Crippen molar-refractivity contribution in [2.75, 3.05) is 18.9 Å². The van der Waals surface area contributed by atoms with E-state index in [1.807, 2.05) is 6.92 Å². The molecule has 21 heavy (non-hydrogen) atoms. The molecule has 0 spiro atoms. The number of rotatable bonds is 4. The molecule has 0 saturated carbocycles. The zero-order valence-corrected chi connectivity index (χ0v) is 12.1. The van der Waals surface area contributed by atoms with E-state index >= 15 is 0 Å². The van der Waals surface area contributed by atoms with Gasteiger partial charge >= 0.3 is 0 Å². The highest BCUT2D eigenvalue weighted by Gasteiger charge is 2.20. The summed E-state index contributed by atoms with van der Waals surface area (Å²) >= 11 is 0. The van der Waals surface area contributed by atoms with E-state index in [4.69, 9.17) is 10.5 Å². The fourth-order valence-corrected chi connectivity index (χ4v) is 2.30. The molecule has 6 heteroatoms. The van der Waals surface area contributed by atoms with Crippen LogP contribution in [0.2, 0.25) is 0 Å². The largest absolute Gasteiger partial charge is 0.399 e. The third-order valence-electron chi connectivity index (χ3n) is 3.43. The first-order valence-corrected chi connectivity index (χ1v) is 7.09. The van der Waals surface area contributed by atoms with E-state index in [0.717, 1.165) is 12.8 Å². The van der Waals surface area contributed by atoms with Crippen LogP contribution < -0.4 is 16.4 Å². The Bertz CT molecular complexity index is 501. The van der Waals surface area contributed by atoms with Crippen molar-refractivity contribution in [1.29, 1.82) is 0 Å². The normalized spacial score (nSPS) is 21.6. The van der Waals surface area contributed by atoms with Crippen LogP contribution in [0.4, 0.5) is 5.69 Å². The molecule has 114 valence electrons. The molecule has 0 aliphatic carbocycles. The second-order valence-electron chi connectivity index (χ2n) is 5.27. The number of benzene rings is 1. The quantitative estimate of drug-likeness (QED) is 0.711. The van der Waals surface area contributed by atoms with Crippen molar-refractivity contribution in [3.05, 3.63) is 29.8 Å². The second-order valence-corrected chi connectivity index (χ2v) is 5.27. The molecule has 1 aliphatic heterocycles. The Kier molecular flexibility index (Phi) is 5.16. The van der Waals surface area contributed by atoms with Gasteiger partial charge in [-0.3, -0.25) is 9.59 Å². The first kappa shape index (κ1) is 15.3. The van der Waals surface area contributed by atoms with Gasteiger partial charge in [-0.15, -0.1) is 0 Å². The maximum absolute atomic E-state index is 11.9. The van der Waals surface area contributed by atoms with Crippen molar-refractivity contribution in [1.82, 2.24) is 10.6 Å². The number of nitrogens with two attached hydrogens (primary N) is 1. The summed E-state index contributed by atoms with van der Waals surface area (Å²) in [6.07, 6.45) is 1.77. The van der Waals surface area contributed by atoms with Crippen molar-refractivity contribution in [3.63, 3.8) is 0 Å². The van der Waals surface area contributed by atoms with Gasteiger partial charge in [-0.1, -0.05) is 0 Å². The number of hydrogen-bond acceptors (Lipinski definition) is 4. The van der Waals surface area contributed by atoms with Crippen LogP contribution in [0.5, 0.6) is 0 Å². The molecule has 0 aromatic heterocycles. The lowest BCUT2D eigenvalue weighted by Crippen LogP contribution is -2.45. The number of amides is 2. The lowest BCUT2D eigenvalue weighted by Gasteiger charge is -2.27. The fraction of sp³-hybridized carbons (Fsp3) is 0.467. The second kappa shape index (κ2) is 7.08. The van der Waals surface area contributed by atoms with Crippen molar-refractivity contribution in [3.8, 4) is 0 Å². The summed E-state index contributed by atoms with van der Waals surface area (Å²) in [6.45, 7) is 2.61. The molecular weight excluding hydrogens is 270 g/mol. The minimum absolute atomic E-state index is 0.0328. The van der Waals surface area contributed by atoms with Crippen LogP contribution in [0.25, 0.3) is 0 Å². The average Bonchev–Trinajstić information content (AvgIpc) is 2.45. The van der Waals surface area contributed by atoms with E-state index in [-0.39, 0.29) is 30.5 Å². The molecule has 0 radical (unpaired) electrons. The predicted molar refractivity (Wildman–Crippen MR) is 79.8 cm³/mol.